The Bertz CT molecular complexity index is 2730. The number of anilines is 6. The van der Waals surface area contributed by atoms with E-state index in [1.54, 1.807) is 12.1 Å². The van der Waals surface area contributed by atoms with Gasteiger partial charge in [0, 0.05) is 45.0 Å². The van der Waals surface area contributed by atoms with Gasteiger partial charge in [-0.3, -0.25) is 0 Å². The number of hydrogen-bond donors (Lipinski definition) is 0. The highest BCUT2D eigenvalue weighted by atomic mass is 19.4. The molecule has 5 heteroatoms. The third-order valence-corrected chi connectivity index (χ3v) is 13.0. The predicted molar refractivity (Wildman–Crippen MR) is 240 cm³/mol. The molecule has 0 bridgehead atoms. The van der Waals surface area contributed by atoms with E-state index in [4.69, 9.17) is 0 Å². The van der Waals surface area contributed by atoms with Crippen LogP contribution in [0.1, 0.15) is 83.3 Å². The molecule has 0 spiro atoms. The second-order valence-corrected chi connectivity index (χ2v) is 17.7. The van der Waals surface area contributed by atoms with Gasteiger partial charge in [-0.1, -0.05) is 92.9 Å². The summed E-state index contributed by atoms with van der Waals surface area (Å²) in [6.45, 7) is 20.3. The highest BCUT2D eigenvalue weighted by Gasteiger charge is 2.48. The first-order chi connectivity index (χ1) is 28.0. The van der Waals surface area contributed by atoms with Gasteiger partial charge in [-0.15, -0.1) is 0 Å². The van der Waals surface area contributed by atoms with Crippen molar-refractivity contribution in [2.24, 2.45) is 0 Å². The van der Waals surface area contributed by atoms with Crippen LogP contribution in [0, 0.1) is 34.6 Å². The highest BCUT2D eigenvalue weighted by Crippen LogP contribution is 2.62. The largest absolute Gasteiger partial charge is 0.416 e. The van der Waals surface area contributed by atoms with E-state index in [1.807, 2.05) is 31.2 Å². The fourth-order valence-corrected chi connectivity index (χ4v) is 9.78. The maximum atomic E-state index is 13.7. The van der Waals surface area contributed by atoms with E-state index in [9.17, 15) is 13.2 Å². The standard InChI is InChI=1S/C54H49F3N2/c1-32-10-18-38(19-11-32)58(39-20-12-33(2)13-21-39)42-26-28-44-46(30-42)52(6,7)50-48(44)35(4)36(5)49-45-29-27-43(31-47(45)53(8,9)51(49)50)59(40-22-14-34(3)15-23-40)41-24-16-37(17-25-41)54(55,56)57/h10-31H,1-9H3. The quantitative estimate of drug-likeness (QED) is 0.166. The van der Waals surface area contributed by atoms with Crippen molar-refractivity contribution < 1.29 is 13.2 Å². The number of rotatable bonds is 6. The summed E-state index contributed by atoms with van der Waals surface area (Å²) < 4.78 is 41.0. The molecule has 0 saturated carbocycles. The van der Waals surface area contributed by atoms with Gasteiger partial charge in [0.05, 0.1) is 5.56 Å². The van der Waals surface area contributed by atoms with Gasteiger partial charge in [0.15, 0.2) is 0 Å². The molecule has 2 aliphatic rings. The van der Waals surface area contributed by atoms with Crippen molar-refractivity contribution in [3.63, 3.8) is 0 Å². The van der Waals surface area contributed by atoms with Crippen LogP contribution in [-0.4, -0.2) is 0 Å². The Morgan fingerprint density at radius 3 is 0.983 bits per heavy atom. The number of aryl methyl sites for hydroxylation is 3. The van der Waals surface area contributed by atoms with E-state index in [0.717, 1.165) is 34.0 Å². The third-order valence-electron chi connectivity index (χ3n) is 13.0. The Kier molecular flexibility index (Phi) is 8.79. The summed E-state index contributed by atoms with van der Waals surface area (Å²) in [4.78, 5) is 4.43. The lowest BCUT2D eigenvalue weighted by Crippen LogP contribution is -2.25. The highest BCUT2D eigenvalue weighted by molar-refractivity contribution is 5.97. The van der Waals surface area contributed by atoms with Gasteiger partial charge in [0.2, 0.25) is 0 Å². The maximum Gasteiger partial charge on any atom is 0.416 e. The second-order valence-electron chi connectivity index (χ2n) is 17.7. The Balaban J connectivity index is 1.19. The molecule has 0 heterocycles. The fraction of sp³-hybridized carbons (Fsp3) is 0.222. The molecule has 0 aromatic heterocycles. The summed E-state index contributed by atoms with van der Waals surface area (Å²) in [6, 6.07) is 44.8. The summed E-state index contributed by atoms with van der Waals surface area (Å²) in [7, 11) is 0. The Morgan fingerprint density at radius 1 is 0.390 bits per heavy atom. The molecular formula is C54H49F3N2. The number of hydrogen-bond acceptors (Lipinski definition) is 2. The molecule has 0 amide bonds. The molecule has 0 N–H and O–H groups in total. The zero-order valence-corrected chi connectivity index (χ0v) is 35.2. The van der Waals surface area contributed by atoms with Crippen LogP contribution in [0.25, 0.3) is 22.3 Å². The molecule has 0 fully saturated rings. The first kappa shape index (κ1) is 38.4. The lowest BCUT2D eigenvalue weighted by molar-refractivity contribution is -0.137. The number of fused-ring (bicyclic) bond motifs is 7. The zero-order chi connectivity index (χ0) is 41.8. The minimum atomic E-state index is -4.41. The van der Waals surface area contributed by atoms with Crippen molar-refractivity contribution >= 4 is 34.1 Å². The topological polar surface area (TPSA) is 6.48 Å². The smallest absolute Gasteiger partial charge is 0.310 e. The SMILES string of the molecule is Cc1ccc(N(c2ccc(C)cc2)c2ccc3c(c2)C(C)(C)c2c-3c(C)c(C)c3c2C(C)(C)c2cc(N(c4ccc(C)cc4)c4ccc(C(F)(F)F)cc4)ccc2-3)cc1. The summed E-state index contributed by atoms with van der Waals surface area (Å²) in [5, 5.41) is 0. The molecule has 59 heavy (non-hydrogen) atoms. The number of nitrogens with zero attached hydrogens (tertiary/aromatic N) is 2. The molecular weight excluding hydrogens is 734 g/mol. The summed E-state index contributed by atoms with van der Waals surface area (Å²) in [6.07, 6.45) is -4.41. The van der Waals surface area contributed by atoms with Crippen LogP contribution in [0.3, 0.4) is 0 Å². The van der Waals surface area contributed by atoms with Crippen LogP contribution in [-0.2, 0) is 17.0 Å². The molecule has 7 aromatic carbocycles. The second kappa shape index (κ2) is 13.5. The molecule has 0 unspecified atom stereocenters. The van der Waals surface area contributed by atoms with Gasteiger partial charge >= 0.3 is 6.18 Å². The molecule has 0 atom stereocenters. The van der Waals surface area contributed by atoms with Crippen LogP contribution in [0.5, 0.6) is 0 Å². The van der Waals surface area contributed by atoms with Gasteiger partial charge in [-0.2, -0.15) is 13.2 Å². The molecule has 9 rings (SSSR count). The third kappa shape index (κ3) is 6.08. The minimum absolute atomic E-state index is 0.314. The van der Waals surface area contributed by atoms with Crippen molar-refractivity contribution in [3.8, 4) is 22.3 Å². The number of alkyl halides is 3. The van der Waals surface area contributed by atoms with Crippen LogP contribution >= 0.6 is 0 Å². The van der Waals surface area contributed by atoms with Gasteiger partial charge in [0.25, 0.3) is 0 Å². The minimum Gasteiger partial charge on any atom is -0.310 e. The first-order valence-electron chi connectivity index (χ1n) is 20.4. The molecule has 0 aliphatic heterocycles. The lowest BCUT2D eigenvalue weighted by atomic mass is 9.71. The zero-order valence-electron chi connectivity index (χ0n) is 35.2. The van der Waals surface area contributed by atoms with Gasteiger partial charge in [0.1, 0.15) is 0 Å². The van der Waals surface area contributed by atoms with Crippen molar-refractivity contribution in [3.05, 3.63) is 189 Å². The van der Waals surface area contributed by atoms with Crippen LogP contribution < -0.4 is 9.80 Å². The normalized spacial score (nSPS) is 14.4. The van der Waals surface area contributed by atoms with E-state index in [0.29, 0.717) is 5.69 Å². The van der Waals surface area contributed by atoms with Crippen LogP contribution in [0.15, 0.2) is 133 Å². The molecule has 296 valence electrons. The molecule has 2 nitrogen and oxygen atoms in total. The van der Waals surface area contributed by atoms with Crippen molar-refractivity contribution in [1.29, 1.82) is 0 Å². The molecule has 2 aliphatic carbocycles. The Labute approximate surface area is 346 Å². The van der Waals surface area contributed by atoms with E-state index < -0.39 is 11.7 Å². The van der Waals surface area contributed by atoms with Crippen molar-refractivity contribution in [2.75, 3.05) is 9.80 Å². The van der Waals surface area contributed by atoms with E-state index in [1.165, 1.54) is 78.9 Å². The number of benzene rings is 7. The first-order valence-corrected chi connectivity index (χ1v) is 20.4. The monoisotopic (exact) mass is 782 g/mol. The van der Waals surface area contributed by atoms with E-state index in [-0.39, 0.29) is 10.8 Å². The van der Waals surface area contributed by atoms with Crippen LogP contribution in [0.4, 0.5) is 47.3 Å². The summed E-state index contributed by atoms with van der Waals surface area (Å²) >= 11 is 0. The van der Waals surface area contributed by atoms with Crippen molar-refractivity contribution in [1.82, 2.24) is 0 Å². The Hall–Kier alpha value is -6.07. The molecule has 0 radical (unpaired) electrons. The molecule has 7 aromatic rings. The van der Waals surface area contributed by atoms with Crippen molar-refractivity contribution in [2.45, 2.75) is 79.3 Å². The van der Waals surface area contributed by atoms with Gasteiger partial charge in [-0.05, 0) is 175 Å². The maximum absolute atomic E-state index is 13.7. The Morgan fingerprint density at radius 2 is 0.678 bits per heavy atom. The van der Waals surface area contributed by atoms with E-state index >= 15 is 0 Å². The summed E-state index contributed by atoms with van der Waals surface area (Å²) in [5.41, 5.74) is 21.0. The van der Waals surface area contributed by atoms with Crippen LogP contribution in [0.2, 0.25) is 0 Å². The van der Waals surface area contributed by atoms with Gasteiger partial charge in [-0.25, -0.2) is 0 Å². The van der Waals surface area contributed by atoms with E-state index in [2.05, 4.69) is 150 Å². The summed E-state index contributed by atoms with van der Waals surface area (Å²) in [5.74, 6) is 0. The average Bonchev–Trinajstić information content (AvgIpc) is 3.58. The van der Waals surface area contributed by atoms with Gasteiger partial charge < -0.3 is 9.80 Å². The fourth-order valence-electron chi connectivity index (χ4n) is 9.78. The average molecular weight is 783 g/mol. The molecule has 0 saturated heterocycles. The lowest BCUT2D eigenvalue weighted by Gasteiger charge is -2.33. The number of halogens is 3. The predicted octanol–water partition coefficient (Wildman–Crippen LogP) is 15.8.